The van der Waals surface area contributed by atoms with Crippen molar-refractivity contribution < 1.29 is 4.39 Å². The zero-order chi connectivity index (χ0) is 13.2. The number of anilines is 2. The summed E-state index contributed by atoms with van der Waals surface area (Å²) in [6, 6.07) is 1.73. The second-order valence-corrected chi connectivity index (χ2v) is 4.57. The first-order valence-electron chi connectivity index (χ1n) is 6.22. The number of hydrogen-bond acceptors (Lipinski definition) is 5. The lowest BCUT2D eigenvalue weighted by Crippen LogP contribution is -2.21. The van der Waals surface area contributed by atoms with Gasteiger partial charge in [0, 0.05) is 31.0 Å². The molecule has 1 fully saturated rings. The van der Waals surface area contributed by atoms with E-state index in [1.807, 2.05) is 4.90 Å². The maximum absolute atomic E-state index is 13.8. The van der Waals surface area contributed by atoms with Crippen LogP contribution >= 0.6 is 0 Å². The highest BCUT2D eigenvalue weighted by atomic mass is 19.1. The van der Waals surface area contributed by atoms with Gasteiger partial charge in [0.1, 0.15) is 0 Å². The molecule has 1 saturated heterocycles. The molecule has 2 aromatic heterocycles. The summed E-state index contributed by atoms with van der Waals surface area (Å²) in [6.45, 7) is 1.67. The lowest BCUT2D eigenvalue weighted by molar-refractivity contribution is 0.609. The molecule has 2 N–H and O–H groups in total. The third kappa shape index (κ3) is 2.33. The number of hydrogen-bond donors (Lipinski definition) is 1. The van der Waals surface area contributed by atoms with Crippen LogP contribution in [0.25, 0.3) is 11.4 Å². The summed E-state index contributed by atoms with van der Waals surface area (Å²) in [6.07, 6.45) is 6.52. The van der Waals surface area contributed by atoms with Crippen LogP contribution in [0, 0.1) is 5.82 Å². The van der Waals surface area contributed by atoms with Crippen molar-refractivity contribution in [3.63, 3.8) is 0 Å². The third-order valence-corrected chi connectivity index (χ3v) is 3.15. The third-order valence-electron chi connectivity index (χ3n) is 3.15. The number of halogens is 1. The van der Waals surface area contributed by atoms with Crippen LogP contribution in [0.2, 0.25) is 0 Å². The normalized spacial score (nSPS) is 14.9. The number of nitrogens with two attached hydrogens (primary N) is 1. The van der Waals surface area contributed by atoms with E-state index in [1.165, 1.54) is 6.20 Å². The van der Waals surface area contributed by atoms with Gasteiger partial charge in [-0.15, -0.1) is 0 Å². The smallest absolute Gasteiger partial charge is 0.183 e. The zero-order valence-electron chi connectivity index (χ0n) is 10.4. The molecule has 1 aliphatic rings. The molecule has 5 nitrogen and oxygen atoms in total. The molecule has 0 radical (unpaired) electrons. The van der Waals surface area contributed by atoms with E-state index in [9.17, 15) is 4.39 Å². The van der Waals surface area contributed by atoms with Crippen molar-refractivity contribution in [1.29, 1.82) is 0 Å². The molecule has 0 atom stereocenters. The maximum atomic E-state index is 13.8. The Kier molecular flexibility index (Phi) is 2.98. The molecule has 2 aromatic rings. The van der Waals surface area contributed by atoms with Crippen LogP contribution in [-0.2, 0) is 0 Å². The van der Waals surface area contributed by atoms with Gasteiger partial charge in [0.05, 0.1) is 11.9 Å². The lowest BCUT2D eigenvalue weighted by Gasteiger charge is -2.17. The number of aromatic nitrogens is 3. The summed E-state index contributed by atoms with van der Waals surface area (Å²) < 4.78 is 13.8. The van der Waals surface area contributed by atoms with Crippen molar-refractivity contribution in [2.75, 3.05) is 23.7 Å². The highest BCUT2D eigenvalue weighted by Crippen LogP contribution is 2.24. The average molecular weight is 259 g/mol. The Labute approximate surface area is 110 Å². The first-order chi connectivity index (χ1) is 9.24. The van der Waals surface area contributed by atoms with Crippen molar-refractivity contribution in [2.24, 2.45) is 0 Å². The molecule has 0 aliphatic carbocycles. The Morgan fingerprint density at radius 1 is 1.16 bits per heavy atom. The Hall–Kier alpha value is -2.24. The fourth-order valence-corrected chi connectivity index (χ4v) is 2.23. The molecule has 6 heteroatoms. The van der Waals surface area contributed by atoms with Crippen LogP contribution in [0.4, 0.5) is 15.9 Å². The largest absolute Gasteiger partial charge is 0.397 e. The molecule has 0 bridgehead atoms. The minimum Gasteiger partial charge on any atom is -0.397 e. The van der Waals surface area contributed by atoms with E-state index in [0.29, 0.717) is 22.9 Å². The van der Waals surface area contributed by atoms with E-state index in [4.69, 9.17) is 5.73 Å². The van der Waals surface area contributed by atoms with Crippen molar-refractivity contribution in [2.45, 2.75) is 12.8 Å². The second kappa shape index (κ2) is 4.79. The summed E-state index contributed by atoms with van der Waals surface area (Å²) in [5, 5.41) is 0. The van der Waals surface area contributed by atoms with Gasteiger partial charge in [-0.3, -0.25) is 4.98 Å². The minimum atomic E-state index is -0.387. The van der Waals surface area contributed by atoms with Gasteiger partial charge in [-0.2, -0.15) is 0 Å². The first kappa shape index (κ1) is 11.8. The highest BCUT2D eigenvalue weighted by Gasteiger charge is 2.19. The first-order valence-corrected chi connectivity index (χ1v) is 6.22. The predicted octanol–water partition coefficient (Wildman–Crippen LogP) is 1.86. The second-order valence-electron chi connectivity index (χ2n) is 4.57. The van der Waals surface area contributed by atoms with Crippen molar-refractivity contribution in [1.82, 2.24) is 15.0 Å². The van der Waals surface area contributed by atoms with Crippen molar-refractivity contribution in [3.8, 4) is 11.4 Å². The van der Waals surface area contributed by atoms with E-state index in [0.717, 1.165) is 25.9 Å². The average Bonchev–Trinajstić information content (AvgIpc) is 2.93. The van der Waals surface area contributed by atoms with Gasteiger partial charge >= 0.3 is 0 Å². The van der Waals surface area contributed by atoms with Gasteiger partial charge in [-0.1, -0.05) is 0 Å². The van der Waals surface area contributed by atoms with Gasteiger partial charge in [-0.05, 0) is 18.9 Å². The summed E-state index contributed by atoms with van der Waals surface area (Å²) in [4.78, 5) is 14.3. The van der Waals surface area contributed by atoms with Crippen LogP contribution in [-0.4, -0.2) is 28.0 Å². The predicted molar refractivity (Wildman–Crippen MR) is 71.1 cm³/mol. The minimum absolute atomic E-state index is 0.366. The molecule has 98 valence electrons. The van der Waals surface area contributed by atoms with E-state index in [1.54, 1.807) is 18.5 Å². The van der Waals surface area contributed by atoms with Crippen LogP contribution in [0.15, 0.2) is 24.7 Å². The molecule has 0 amide bonds. The molecular weight excluding hydrogens is 245 g/mol. The zero-order valence-corrected chi connectivity index (χ0v) is 10.4. The summed E-state index contributed by atoms with van der Waals surface area (Å²) in [5.41, 5.74) is 6.91. The molecule has 1 aliphatic heterocycles. The van der Waals surface area contributed by atoms with Crippen LogP contribution < -0.4 is 10.6 Å². The summed E-state index contributed by atoms with van der Waals surface area (Å²) in [5.74, 6) is 0.426. The number of pyridine rings is 1. The molecule has 0 aromatic carbocycles. The van der Waals surface area contributed by atoms with Gasteiger partial charge in [-0.25, -0.2) is 14.4 Å². The summed E-state index contributed by atoms with van der Waals surface area (Å²) in [7, 11) is 0. The van der Waals surface area contributed by atoms with Crippen LogP contribution in [0.1, 0.15) is 12.8 Å². The fraction of sp³-hybridized carbons (Fsp3) is 0.308. The Balaban J connectivity index is 2.01. The molecular formula is C13H14FN5. The van der Waals surface area contributed by atoms with E-state index in [2.05, 4.69) is 15.0 Å². The molecule has 0 spiro atoms. The van der Waals surface area contributed by atoms with Crippen LogP contribution in [0.3, 0.4) is 0 Å². The number of rotatable bonds is 2. The molecule has 0 saturated carbocycles. The van der Waals surface area contributed by atoms with Gasteiger partial charge < -0.3 is 10.6 Å². The Morgan fingerprint density at radius 2 is 1.95 bits per heavy atom. The SMILES string of the molecule is Nc1cncc(-c2ncc(F)c(N3CCCC3)n2)c1. The Morgan fingerprint density at radius 3 is 2.68 bits per heavy atom. The summed E-state index contributed by atoms with van der Waals surface area (Å²) >= 11 is 0. The van der Waals surface area contributed by atoms with Gasteiger partial charge in [0.15, 0.2) is 17.5 Å². The van der Waals surface area contributed by atoms with Crippen LogP contribution in [0.5, 0.6) is 0 Å². The molecule has 3 rings (SSSR count). The lowest BCUT2D eigenvalue weighted by atomic mass is 10.2. The highest BCUT2D eigenvalue weighted by molar-refractivity contribution is 5.60. The monoisotopic (exact) mass is 259 g/mol. The number of nitrogen functional groups attached to an aromatic ring is 1. The molecule has 3 heterocycles. The topological polar surface area (TPSA) is 67.9 Å². The van der Waals surface area contributed by atoms with Crippen molar-refractivity contribution in [3.05, 3.63) is 30.5 Å². The standard InChI is InChI=1S/C13H14FN5/c14-11-8-17-12(9-5-10(15)7-16-6-9)18-13(11)19-3-1-2-4-19/h5-8H,1-4,15H2. The Bertz CT molecular complexity index is 595. The molecule has 19 heavy (non-hydrogen) atoms. The quantitative estimate of drug-likeness (QED) is 0.891. The van der Waals surface area contributed by atoms with Crippen molar-refractivity contribution >= 4 is 11.5 Å². The van der Waals surface area contributed by atoms with Gasteiger partial charge in [0.25, 0.3) is 0 Å². The number of nitrogens with zero attached hydrogens (tertiary/aromatic N) is 4. The molecule has 0 unspecified atom stereocenters. The van der Waals surface area contributed by atoms with E-state index in [-0.39, 0.29) is 5.82 Å². The van der Waals surface area contributed by atoms with E-state index >= 15 is 0 Å². The van der Waals surface area contributed by atoms with E-state index < -0.39 is 0 Å². The maximum Gasteiger partial charge on any atom is 0.183 e. The van der Waals surface area contributed by atoms with Gasteiger partial charge in [0.2, 0.25) is 0 Å². The fourth-order valence-electron chi connectivity index (χ4n) is 2.23.